The van der Waals surface area contributed by atoms with Crippen LogP contribution in [0.2, 0.25) is 0 Å². The second-order valence-corrected chi connectivity index (χ2v) is 7.74. The van der Waals surface area contributed by atoms with Crippen LogP contribution in [0.4, 0.5) is 5.95 Å². The Morgan fingerprint density at radius 1 is 1.14 bits per heavy atom. The number of rotatable bonds is 6. The number of hydrogen-bond donors (Lipinski definition) is 1. The fraction of sp³-hybridized carbons (Fsp3) is 0.545. The number of nitrogens with zero attached hydrogens (tertiary/aromatic N) is 3. The number of hydrogen-bond acceptors (Lipinski definition) is 6. The van der Waals surface area contributed by atoms with E-state index in [-0.39, 0.29) is 5.56 Å². The zero-order valence-corrected chi connectivity index (χ0v) is 17.4. The van der Waals surface area contributed by atoms with Gasteiger partial charge >= 0.3 is 0 Å². The van der Waals surface area contributed by atoms with Crippen molar-refractivity contribution in [1.29, 1.82) is 0 Å². The van der Waals surface area contributed by atoms with Crippen LogP contribution in [-0.2, 0) is 19.5 Å². The lowest BCUT2D eigenvalue weighted by Gasteiger charge is -2.31. The Kier molecular flexibility index (Phi) is 6.04. The molecular weight excluding hydrogens is 368 g/mol. The predicted molar refractivity (Wildman–Crippen MR) is 113 cm³/mol. The van der Waals surface area contributed by atoms with Crippen LogP contribution < -0.4 is 19.9 Å². The summed E-state index contributed by atoms with van der Waals surface area (Å²) in [4.78, 5) is 25.0. The van der Waals surface area contributed by atoms with Crippen LogP contribution >= 0.6 is 0 Å². The number of methoxy groups -OCH3 is 1. The molecule has 0 unspecified atom stereocenters. The first-order valence-corrected chi connectivity index (χ1v) is 10.6. The van der Waals surface area contributed by atoms with Gasteiger partial charge in [0.25, 0.3) is 5.56 Å². The average molecular weight is 399 g/mol. The quantitative estimate of drug-likeness (QED) is 0.807. The SMILES string of the molecule is CCOc1cc(CN2CCc3c(nc(N4CCCCC4)[nH]c3=O)C2)ccc1OC. The highest BCUT2D eigenvalue weighted by atomic mass is 16.5. The Morgan fingerprint density at radius 2 is 1.97 bits per heavy atom. The molecule has 2 aliphatic heterocycles. The van der Waals surface area contributed by atoms with E-state index in [2.05, 4.69) is 20.9 Å². The smallest absolute Gasteiger partial charge is 0.255 e. The van der Waals surface area contributed by atoms with E-state index < -0.39 is 0 Å². The molecule has 1 N–H and O–H groups in total. The van der Waals surface area contributed by atoms with Gasteiger partial charge in [0.1, 0.15) is 0 Å². The summed E-state index contributed by atoms with van der Waals surface area (Å²) in [5.41, 5.74) is 2.95. The molecule has 1 fully saturated rings. The van der Waals surface area contributed by atoms with Crippen molar-refractivity contribution in [2.45, 2.75) is 45.7 Å². The van der Waals surface area contributed by atoms with Gasteiger partial charge in [0.2, 0.25) is 5.95 Å². The largest absolute Gasteiger partial charge is 0.493 e. The van der Waals surface area contributed by atoms with Gasteiger partial charge < -0.3 is 14.4 Å². The van der Waals surface area contributed by atoms with E-state index in [0.717, 1.165) is 74.1 Å². The summed E-state index contributed by atoms with van der Waals surface area (Å²) >= 11 is 0. The van der Waals surface area contributed by atoms with Crippen LogP contribution in [0.1, 0.15) is 43.0 Å². The molecule has 2 aliphatic rings. The lowest BCUT2D eigenvalue weighted by atomic mass is 10.1. The third-order valence-electron chi connectivity index (χ3n) is 5.73. The van der Waals surface area contributed by atoms with E-state index in [1.54, 1.807) is 7.11 Å². The van der Waals surface area contributed by atoms with E-state index >= 15 is 0 Å². The van der Waals surface area contributed by atoms with Gasteiger partial charge in [0, 0.05) is 38.3 Å². The van der Waals surface area contributed by atoms with Crippen molar-refractivity contribution in [3.8, 4) is 11.5 Å². The Balaban J connectivity index is 1.51. The first-order valence-electron chi connectivity index (χ1n) is 10.6. The summed E-state index contributed by atoms with van der Waals surface area (Å²) in [6.45, 7) is 6.83. The number of aromatic nitrogens is 2. The maximum absolute atomic E-state index is 12.6. The standard InChI is InChI=1S/C22H30N4O3/c1-3-29-20-13-16(7-8-19(20)28-2)14-25-12-9-17-18(15-25)23-22(24-21(17)27)26-10-5-4-6-11-26/h7-8,13H,3-6,9-12,14-15H2,1-2H3,(H,23,24,27). The minimum Gasteiger partial charge on any atom is -0.493 e. The maximum atomic E-state index is 12.6. The molecular formula is C22H30N4O3. The van der Waals surface area contributed by atoms with Crippen LogP contribution in [-0.4, -0.2) is 48.2 Å². The summed E-state index contributed by atoms with van der Waals surface area (Å²) < 4.78 is 11.1. The lowest BCUT2D eigenvalue weighted by molar-refractivity contribution is 0.239. The van der Waals surface area contributed by atoms with Crippen molar-refractivity contribution in [2.75, 3.05) is 38.3 Å². The third-order valence-corrected chi connectivity index (χ3v) is 5.73. The van der Waals surface area contributed by atoms with E-state index in [1.165, 1.54) is 12.0 Å². The molecule has 156 valence electrons. The Morgan fingerprint density at radius 3 is 2.72 bits per heavy atom. The van der Waals surface area contributed by atoms with Gasteiger partial charge in [-0.15, -0.1) is 0 Å². The molecule has 0 saturated carbocycles. The second-order valence-electron chi connectivity index (χ2n) is 7.74. The molecule has 1 aromatic heterocycles. The summed E-state index contributed by atoms with van der Waals surface area (Å²) in [6, 6.07) is 6.07. The number of benzene rings is 1. The molecule has 0 atom stereocenters. The van der Waals surface area contributed by atoms with Gasteiger partial charge in [-0.2, -0.15) is 0 Å². The van der Waals surface area contributed by atoms with Crippen LogP contribution in [0.25, 0.3) is 0 Å². The number of anilines is 1. The minimum absolute atomic E-state index is 0.0262. The molecule has 0 radical (unpaired) electrons. The number of fused-ring (bicyclic) bond motifs is 1. The summed E-state index contributed by atoms with van der Waals surface area (Å²) in [7, 11) is 1.65. The highest BCUT2D eigenvalue weighted by Gasteiger charge is 2.23. The summed E-state index contributed by atoms with van der Waals surface area (Å²) in [6.07, 6.45) is 4.30. The van der Waals surface area contributed by atoms with Gasteiger partial charge in [0.15, 0.2) is 11.5 Å². The van der Waals surface area contributed by atoms with E-state index in [9.17, 15) is 4.79 Å². The predicted octanol–water partition coefficient (Wildman–Crippen LogP) is 2.73. The van der Waals surface area contributed by atoms with Crippen LogP contribution in [0.5, 0.6) is 11.5 Å². The molecule has 4 rings (SSSR count). The van der Waals surface area contributed by atoms with Crippen LogP contribution in [0.15, 0.2) is 23.0 Å². The molecule has 0 spiro atoms. The molecule has 0 aliphatic carbocycles. The first-order chi connectivity index (χ1) is 14.2. The highest BCUT2D eigenvalue weighted by Crippen LogP contribution is 2.29. The molecule has 2 aromatic rings. The van der Waals surface area contributed by atoms with Crippen molar-refractivity contribution >= 4 is 5.95 Å². The van der Waals surface area contributed by atoms with Crippen LogP contribution in [0.3, 0.4) is 0 Å². The molecule has 7 heteroatoms. The number of nitrogens with one attached hydrogen (secondary N) is 1. The second kappa shape index (κ2) is 8.86. The zero-order valence-electron chi connectivity index (χ0n) is 17.4. The Hall–Kier alpha value is -2.54. The Labute approximate surface area is 171 Å². The van der Waals surface area contributed by atoms with Gasteiger partial charge in [-0.3, -0.25) is 14.7 Å². The number of piperidine rings is 1. The van der Waals surface area contributed by atoms with Crippen molar-refractivity contribution in [1.82, 2.24) is 14.9 Å². The van der Waals surface area contributed by atoms with Crippen molar-refractivity contribution in [3.63, 3.8) is 0 Å². The molecule has 0 bridgehead atoms. The average Bonchev–Trinajstić information content (AvgIpc) is 2.74. The number of aromatic amines is 1. The summed E-state index contributed by atoms with van der Waals surface area (Å²) in [5, 5.41) is 0. The fourth-order valence-corrected chi connectivity index (χ4v) is 4.22. The minimum atomic E-state index is 0.0262. The Bertz CT molecular complexity index is 905. The molecule has 1 aromatic carbocycles. The topological polar surface area (TPSA) is 70.7 Å². The molecule has 1 saturated heterocycles. The highest BCUT2D eigenvalue weighted by molar-refractivity contribution is 5.43. The monoisotopic (exact) mass is 398 g/mol. The molecule has 7 nitrogen and oxygen atoms in total. The maximum Gasteiger partial charge on any atom is 0.255 e. The van der Waals surface area contributed by atoms with Crippen molar-refractivity contribution < 1.29 is 9.47 Å². The number of H-pyrrole nitrogens is 1. The van der Waals surface area contributed by atoms with Crippen LogP contribution in [0, 0.1) is 0 Å². The first kappa shape index (κ1) is 19.8. The summed E-state index contributed by atoms with van der Waals surface area (Å²) in [5.74, 6) is 2.25. The van der Waals surface area contributed by atoms with Crippen molar-refractivity contribution in [2.24, 2.45) is 0 Å². The van der Waals surface area contributed by atoms with E-state index in [0.29, 0.717) is 13.2 Å². The van der Waals surface area contributed by atoms with Gasteiger partial charge in [0.05, 0.1) is 19.4 Å². The van der Waals surface area contributed by atoms with Gasteiger partial charge in [-0.1, -0.05) is 6.07 Å². The fourth-order valence-electron chi connectivity index (χ4n) is 4.22. The third kappa shape index (κ3) is 4.40. The molecule has 3 heterocycles. The normalized spacial score (nSPS) is 17.1. The molecule has 0 amide bonds. The number of ether oxygens (including phenoxy) is 2. The van der Waals surface area contributed by atoms with Gasteiger partial charge in [-0.25, -0.2) is 4.98 Å². The van der Waals surface area contributed by atoms with E-state index in [1.807, 2.05) is 19.1 Å². The lowest BCUT2D eigenvalue weighted by Crippen LogP contribution is -2.38. The zero-order chi connectivity index (χ0) is 20.2. The van der Waals surface area contributed by atoms with Gasteiger partial charge in [-0.05, 0) is 50.3 Å². The molecule has 29 heavy (non-hydrogen) atoms. The van der Waals surface area contributed by atoms with Crippen molar-refractivity contribution in [3.05, 3.63) is 45.4 Å². The van der Waals surface area contributed by atoms with E-state index in [4.69, 9.17) is 14.5 Å².